The van der Waals surface area contributed by atoms with Gasteiger partial charge >= 0.3 is 6.18 Å². The number of rotatable bonds is 2. The Morgan fingerprint density at radius 3 is 2.30 bits per heavy atom. The topological polar surface area (TPSA) is 30.2 Å². The number of fused-ring (bicyclic) bond motifs is 1. The molecular weight excluding hydrogens is 375 g/mol. The molecule has 136 valence electrons. The van der Waals surface area contributed by atoms with E-state index in [9.17, 15) is 13.2 Å². The molecule has 0 saturated carbocycles. The van der Waals surface area contributed by atoms with Crippen LogP contribution >= 0.6 is 11.6 Å². The minimum Gasteiger partial charge on any atom is -0.236 e. The fourth-order valence-electron chi connectivity index (χ4n) is 3.02. The first kappa shape index (κ1) is 17.5. The van der Waals surface area contributed by atoms with Gasteiger partial charge in [-0.05, 0) is 25.1 Å². The maximum Gasteiger partial charge on any atom is 0.416 e. The fraction of sp³-hybridized carbons (Fsp3) is 0.100. The molecule has 0 saturated heterocycles. The monoisotopic (exact) mass is 387 g/mol. The normalized spacial score (nSPS) is 11.9. The Morgan fingerprint density at radius 2 is 1.63 bits per heavy atom. The fourth-order valence-corrected chi connectivity index (χ4v) is 3.25. The lowest BCUT2D eigenvalue weighted by atomic mass is 9.99. The van der Waals surface area contributed by atoms with Gasteiger partial charge in [-0.15, -0.1) is 0 Å². The van der Waals surface area contributed by atoms with Gasteiger partial charge in [0.2, 0.25) is 0 Å². The Kier molecular flexibility index (Phi) is 4.15. The molecule has 3 nitrogen and oxygen atoms in total. The van der Waals surface area contributed by atoms with Crippen LogP contribution in [0.5, 0.6) is 0 Å². The van der Waals surface area contributed by atoms with Gasteiger partial charge in [0.05, 0.1) is 17.5 Å². The summed E-state index contributed by atoms with van der Waals surface area (Å²) < 4.78 is 40.4. The van der Waals surface area contributed by atoms with Crippen molar-refractivity contribution >= 4 is 17.2 Å². The predicted molar refractivity (Wildman–Crippen MR) is 98.6 cm³/mol. The highest BCUT2D eigenvalue weighted by Gasteiger charge is 2.30. The van der Waals surface area contributed by atoms with Crippen LogP contribution in [0, 0.1) is 6.92 Å². The van der Waals surface area contributed by atoms with Gasteiger partial charge in [-0.2, -0.15) is 18.3 Å². The van der Waals surface area contributed by atoms with E-state index in [1.165, 1.54) is 12.1 Å². The lowest BCUT2D eigenvalue weighted by molar-refractivity contribution is -0.137. The van der Waals surface area contributed by atoms with Gasteiger partial charge in [0.15, 0.2) is 5.65 Å². The number of nitrogens with zero attached hydrogens (tertiary/aromatic N) is 3. The molecule has 0 fully saturated rings. The highest BCUT2D eigenvalue weighted by Crippen LogP contribution is 2.37. The Morgan fingerprint density at radius 1 is 0.926 bits per heavy atom. The lowest BCUT2D eigenvalue weighted by Crippen LogP contribution is -2.05. The first-order valence-electron chi connectivity index (χ1n) is 8.12. The van der Waals surface area contributed by atoms with E-state index < -0.39 is 11.7 Å². The molecule has 0 aliphatic heterocycles. The summed E-state index contributed by atoms with van der Waals surface area (Å²) in [6.45, 7) is 1.88. The summed E-state index contributed by atoms with van der Waals surface area (Å²) in [4.78, 5) is 4.46. The van der Waals surface area contributed by atoms with Crippen LogP contribution in [-0.2, 0) is 6.18 Å². The van der Waals surface area contributed by atoms with Crippen molar-refractivity contribution in [2.45, 2.75) is 13.1 Å². The molecule has 7 heteroatoms. The van der Waals surface area contributed by atoms with Crippen LogP contribution < -0.4 is 0 Å². The van der Waals surface area contributed by atoms with Gasteiger partial charge in [-0.25, -0.2) is 9.50 Å². The quantitative estimate of drug-likeness (QED) is 0.419. The number of benzene rings is 2. The van der Waals surface area contributed by atoms with E-state index in [4.69, 9.17) is 11.6 Å². The minimum atomic E-state index is -4.39. The maximum absolute atomic E-state index is 12.9. The van der Waals surface area contributed by atoms with Gasteiger partial charge in [0.25, 0.3) is 0 Å². The maximum atomic E-state index is 12.9. The zero-order chi connectivity index (χ0) is 19.2. The zero-order valence-electron chi connectivity index (χ0n) is 14.1. The SMILES string of the molecule is Cc1cnn2c(-c3ccc(C(F)(F)F)cc3)c(-c3ccccc3Cl)cnc12. The van der Waals surface area contributed by atoms with Crippen molar-refractivity contribution in [2.24, 2.45) is 0 Å². The smallest absolute Gasteiger partial charge is 0.236 e. The molecule has 4 rings (SSSR count). The molecule has 0 amide bonds. The van der Waals surface area contributed by atoms with Crippen molar-refractivity contribution in [2.75, 3.05) is 0 Å². The molecule has 2 heterocycles. The van der Waals surface area contributed by atoms with Crippen molar-refractivity contribution < 1.29 is 13.2 Å². The molecule has 27 heavy (non-hydrogen) atoms. The highest BCUT2D eigenvalue weighted by atomic mass is 35.5. The van der Waals surface area contributed by atoms with Gasteiger partial charge < -0.3 is 0 Å². The summed E-state index contributed by atoms with van der Waals surface area (Å²) in [6, 6.07) is 12.3. The van der Waals surface area contributed by atoms with Crippen LogP contribution in [0.3, 0.4) is 0 Å². The summed E-state index contributed by atoms with van der Waals surface area (Å²) >= 11 is 6.35. The van der Waals surface area contributed by atoms with Crippen molar-refractivity contribution in [3.63, 3.8) is 0 Å². The molecule has 2 aromatic carbocycles. The first-order valence-corrected chi connectivity index (χ1v) is 8.50. The second-order valence-electron chi connectivity index (χ2n) is 6.14. The third-order valence-corrected chi connectivity index (χ3v) is 4.68. The summed E-state index contributed by atoms with van der Waals surface area (Å²) in [5.41, 5.74) is 3.46. The molecule has 0 atom stereocenters. The average Bonchev–Trinajstić information content (AvgIpc) is 3.02. The van der Waals surface area contributed by atoms with E-state index in [2.05, 4.69) is 10.1 Å². The highest BCUT2D eigenvalue weighted by molar-refractivity contribution is 6.33. The van der Waals surface area contributed by atoms with E-state index in [1.807, 2.05) is 25.1 Å². The van der Waals surface area contributed by atoms with Crippen molar-refractivity contribution in [3.05, 3.63) is 77.1 Å². The molecule has 0 unspecified atom stereocenters. The van der Waals surface area contributed by atoms with Gasteiger partial charge in [-0.3, -0.25) is 0 Å². The van der Waals surface area contributed by atoms with Gasteiger partial charge in [0, 0.05) is 33.5 Å². The Labute approximate surface area is 158 Å². The predicted octanol–water partition coefficient (Wildman–Crippen LogP) is 6.04. The van der Waals surface area contributed by atoms with Crippen LogP contribution in [0.4, 0.5) is 13.2 Å². The third-order valence-electron chi connectivity index (χ3n) is 4.35. The zero-order valence-corrected chi connectivity index (χ0v) is 14.9. The standard InChI is InChI=1S/C20H13ClF3N3/c1-12-10-26-27-18(13-6-8-14(9-7-13)20(22,23)24)16(11-25-19(12)27)15-4-2-3-5-17(15)21/h2-11H,1H3. The van der Waals surface area contributed by atoms with Crippen LogP contribution in [0.25, 0.3) is 28.0 Å². The first-order chi connectivity index (χ1) is 12.9. The van der Waals surface area contributed by atoms with Crippen LogP contribution in [0.1, 0.15) is 11.1 Å². The Bertz CT molecular complexity index is 1130. The van der Waals surface area contributed by atoms with Crippen molar-refractivity contribution in [1.29, 1.82) is 0 Å². The Balaban J connectivity index is 2.00. The molecule has 0 radical (unpaired) electrons. The number of alkyl halides is 3. The molecule has 0 spiro atoms. The molecule has 0 aliphatic rings. The molecule has 4 aromatic rings. The molecule has 0 N–H and O–H groups in total. The van der Waals surface area contributed by atoms with E-state index in [1.54, 1.807) is 23.0 Å². The van der Waals surface area contributed by atoms with Gasteiger partial charge in [0.1, 0.15) is 0 Å². The second kappa shape index (κ2) is 6.39. The average molecular weight is 388 g/mol. The van der Waals surface area contributed by atoms with E-state index in [0.717, 1.165) is 23.3 Å². The van der Waals surface area contributed by atoms with Crippen LogP contribution in [0.15, 0.2) is 60.9 Å². The number of aromatic nitrogens is 3. The number of aryl methyl sites for hydroxylation is 1. The largest absolute Gasteiger partial charge is 0.416 e. The van der Waals surface area contributed by atoms with Gasteiger partial charge in [-0.1, -0.05) is 41.9 Å². The van der Waals surface area contributed by atoms with Crippen LogP contribution in [0.2, 0.25) is 5.02 Å². The molecule has 0 aliphatic carbocycles. The molecular formula is C20H13ClF3N3. The number of hydrogen-bond donors (Lipinski definition) is 0. The summed E-state index contributed by atoms with van der Waals surface area (Å²) in [7, 11) is 0. The van der Waals surface area contributed by atoms with Crippen molar-refractivity contribution in [3.8, 4) is 22.4 Å². The third kappa shape index (κ3) is 3.06. The molecule has 2 aromatic heterocycles. The van der Waals surface area contributed by atoms with E-state index >= 15 is 0 Å². The second-order valence-corrected chi connectivity index (χ2v) is 6.55. The number of halogens is 4. The minimum absolute atomic E-state index is 0.524. The lowest BCUT2D eigenvalue weighted by Gasteiger charge is -2.14. The summed E-state index contributed by atoms with van der Waals surface area (Å²) in [5, 5.41) is 4.89. The number of hydrogen-bond acceptors (Lipinski definition) is 2. The van der Waals surface area contributed by atoms with E-state index in [0.29, 0.717) is 27.5 Å². The Hall–Kier alpha value is -2.86. The summed E-state index contributed by atoms with van der Waals surface area (Å²) in [6.07, 6.45) is -1.04. The van der Waals surface area contributed by atoms with Crippen LogP contribution in [-0.4, -0.2) is 14.6 Å². The summed E-state index contributed by atoms with van der Waals surface area (Å²) in [5.74, 6) is 0. The van der Waals surface area contributed by atoms with E-state index in [-0.39, 0.29) is 0 Å². The molecule has 0 bridgehead atoms. The van der Waals surface area contributed by atoms with Crippen molar-refractivity contribution in [1.82, 2.24) is 14.6 Å².